The lowest BCUT2D eigenvalue weighted by Crippen LogP contribution is -2.15. The van der Waals surface area contributed by atoms with Crippen LogP contribution in [0.1, 0.15) is 18.4 Å². The molecule has 6 rings (SSSR count). The minimum atomic E-state index is -0.517. The lowest BCUT2D eigenvalue weighted by Gasteiger charge is -2.18. The number of carbonyl (C=O) groups excluding carboxylic acids is 1. The van der Waals surface area contributed by atoms with Gasteiger partial charge in [0.1, 0.15) is 5.69 Å². The van der Waals surface area contributed by atoms with E-state index in [4.69, 9.17) is 11.6 Å². The number of hydrogen-bond donors (Lipinski definition) is 2. The van der Waals surface area contributed by atoms with Crippen LogP contribution in [0.15, 0.2) is 43.0 Å². The van der Waals surface area contributed by atoms with E-state index in [9.17, 15) is 4.79 Å². The molecule has 0 saturated heterocycles. The number of halogens is 2. The Morgan fingerprint density at radius 3 is 2.81 bits per heavy atom. The number of carbonyl (C=O) groups is 1. The van der Waals surface area contributed by atoms with E-state index in [0.29, 0.717) is 33.5 Å². The molecule has 1 amide bonds. The maximum absolute atomic E-state index is 15.2. The van der Waals surface area contributed by atoms with Crippen LogP contribution in [0.25, 0.3) is 27.5 Å². The first kappa shape index (κ1) is 22.5. The Balaban J connectivity index is 1.31. The van der Waals surface area contributed by atoms with E-state index in [0.717, 1.165) is 11.1 Å². The predicted octanol–water partition coefficient (Wildman–Crippen LogP) is 4.46. The van der Waals surface area contributed by atoms with E-state index in [2.05, 4.69) is 32.6 Å². The summed E-state index contributed by atoms with van der Waals surface area (Å²) in [5.74, 6) is 0.135. The minimum Gasteiger partial charge on any atom is -0.373 e. The zero-order valence-electron chi connectivity index (χ0n) is 20.1. The maximum atomic E-state index is 15.2. The molecule has 0 bridgehead atoms. The summed E-state index contributed by atoms with van der Waals surface area (Å²) in [5, 5.41) is 19.4. The molecule has 36 heavy (non-hydrogen) atoms. The summed E-state index contributed by atoms with van der Waals surface area (Å²) in [4.78, 5) is 14.6. The first-order chi connectivity index (χ1) is 17.2. The van der Waals surface area contributed by atoms with Gasteiger partial charge in [-0.3, -0.25) is 14.6 Å². The number of nitrogens with zero attached hydrogens (tertiary/aromatic N) is 6. The monoisotopic (exact) mass is 506 g/mol. The number of amides is 1. The normalized spacial score (nSPS) is 19.2. The number of aromatic nitrogens is 6. The number of H-pyrrole nitrogens is 1. The highest BCUT2D eigenvalue weighted by Gasteiger charge is 2.53. The first-order valence-electron chi connectivity index (χ1n) is 11.5. The average molecular weight is 507 g/mol. The lowest BCUT2D eigenvalue weighted by molar-refractivity contribution is -0.117. The fourth-order valence-corrected chi connectivity index (χ4v) is 5.51. The van der Waals surface area contributed by atoms with Crippen molar-refractivity contribution in [3.8, 4) is 11.1 Å². The van der Waals surface area contributed by atoms with Crippen molar-refractivity contribution in [2.75, 3.05) is 24.3 Å². The Bertz CT molecular complexity index is 1650. The van der Waals surface area contributed by atoms with E-state index in [1.54, 1.807) is 46.7 Å². The molecular weight excluding hydrogens is 483 g/mol. The Kier molecular flexibility index (Phi) is 5.04. The second-order valence-electron chi connectivity index (χ2n) is 9.57. The summed E-state index contributed by atoms with van der Waals surface area (Å²) < 4.78 is 18.7. The van der Waals surface area contributed by atoms with Crippen LogP contribution in [0.5, 0.6) is 0 Å². The minimum absolute atomic E-state index is 0.0224. The summed E-state index contributed by atoms with van der Waals surface area (Å²) in [6.07, 6.45) is 7.18. The molecule has 0 aliphatic heterocycles. The quantitative estimate of drug-likeness (QED) is 0.367. The van der Waals surface area contributed by atoms with Crippen LogP contribution in [-0.4, -0.2) is 49.6 Å². The Morgan fingerprint density at radius 1 is 1.28 bits per heavy atom. The van der Waals surface area contributed by atoms with Gasteiger partial charge in [-0.2, -0.15) is 15.3 Å². The molecule has 3 atom stereocenters. The van der Waals surface area contributed by atoms with Crippen LogP contribution in [-0.2, 0) is 11.8 Å². The third kappa shape index (κ3) is 3.43. The lowest BCUT2D eigenvalue weighted by atomic mass is 10.0. The third-order valence-electron chi connectivity index (χ3n) is 7.01. The van der Waals surface area contributed by atoms with Crippen molar-refractivity contribution in [3.63, 3.8) is 0 Å². The summed E-state index contributed by atoms with van der Waals surface area (Å²) in [6.45, 7) is 2.07. The van der Waals surface area contributed by atoms with E-state index in [1.807, 2.05) is 31.6 Å². The van der Waals surface area contributed by atoms with Crippen molar-refractivity contribution in [3.05, 3.63) is 59.4 Å². The number of fused-ring (bicyclic) bond motifs is 2. The summed E-state index contributed by atoms with van der Waals surface area (Å²) in [6, 6.07) is 5.47. The molecule has 184 valence electrons. The SMILES string of the molecule is C[C@H]1[C@H](C(=O)Nc2cc3cc(-c4c(Cl)c(F)c(N(C)C)c5[nH]ncc45)ccn3n2)[C@H]1c1cnn(C)c1. The van der Waals surface area contributed by atoms with Crippen molar-refractivity contribution < 1.29 is 9.18 Å². The molecule has 0 unspecified atom stereocenters. The number of nitrogens with one attached hydrogen (secondary N) is 2. The zero-order valence-corrected chi connectivity index (χ0v) is 20.9. The van der Waals surface area contributed by atoms with Crippen LogP contribution in [0.3, 0.4) is 0 Å². The van der Waals surface area contributed by atoms with E-state index in [1.165, 1.54) is 0 Å². The van der Waals surface area contributed by atoms with Crippen LogP contribution in [0.4, 0.5) is 15.9 Å². The number of pyridine rings is 1. The molecule has 2 N–H and O–H groups in total. The highest BCUT2D eigenvalue weighted by molar-refractivity contribution is 6.36. The van der Waals surface area contributed by atoms with E-state index in [-0.39, 0.29) is 28.7 Å². The Labute approximate surface area is 210 Å². The predicted molar refractivity (Wildman–Crippen MR) is 137 cm³/mol. The number of hydrogen-bond acceptors (Lipinski definition) is 5. The van der Waals surface area contributed by atoms with Crippen molar-refractivity contribution in [2.24, 2.45) is 18.9 Å². The number of benzene rings is 1. The molecule has 1 aliphatic carbocycles. The number of aromatic amines is 1. The first-order valence-corrected chi connectivity index (χ1v) is 11.9. The van der Waals surface area contributed by atoms with Crippen LogP contribution < -0.4 is 10.2 Å². The molecule has 9 nitrogen and oxygen atoms in total. The molecular formula is C25H24ClFN8O. The summed E-state index contributed by atoms with van der Waals surface area (Å²) in [7, 11) is 5.38. The highest BCUT2D eigenvalue weighted by atomic mass is 35.5. The molecule has 5 aromatic rings. The standard InChI is InChI=1S/C25H24ClFN8O/c1-12-18(14-9-29-34(4)11-14)19(12)25(36)30-17-8-15-7-13(5-6-35(15)32-17)20-16-10-28-31-23(16)24(33(2)3)22(27)21(20)26/h5-12,18-19H,1-4H3,(H,28,31)(H,30,32,36)/t12-,18-,19+/m1/s1. The van der Waals surface area contributed by atoms with Gasteiger partial charge in [-0.25, -0.2) is 8.91 Å². The van der Waals surface area contributed by atoms with Gasteiger partial charge in [-0.05, 0) is 29.2 Å². The van der Waals surface area contributed by atoms with Gasteiger partial charge in [0.05, 0.1) is 28.4 Å². The number of anilines is 2. The summed E-state index contributed by atoms with van der Waals surface area (Å²) in [5.41, 5.74) is 3.99. The Morgan fingerprint density at radius 2 is 2.08 bits per heavy atom. The second-order valence-corrected chi connectivity index (χ2v) is 9.94. The molecule has 1 aliphatic rings. The number of aryl methyl sites for hydroxylation is 1. The van der Waals surface area contributed by atoms with Crippen molar-refractivity contribution in [2.45, 2.75) is 12.8 Å². The van der Waals surface area contributed by atoms with E-state index < -0.39 is 5.82 Å². The largest absolute Gasteiger partial charge is 0.373 e. The topological polar surface area (TPSA) is 96.1 Å². The van der Waals surface area contributed by atoms with Crippen LogP contribution in [0.2, 0.25) is 5.02 Å². The van der Waals surface area contributed by atoms with Crippen molar-refractivity contribution >= 4 is 45.4 Å². The van der Waals surface area contributed by atoms with Crippen LogP contribution in [0, 0.1) is 17.7 Å². The van der Waals surface area contributed by atoms with Crippen LogP contribution >= 0.6 is 11.6 Å². The maximum Gasteiger partial charge on any atom is 0.229 e. The second kappa shape index (κ2) is 8.06. The zero-order chi connectivity index (χ0) is 25.3. The van der Waals surface area contributed by atoms with Gasteiger partial charge in [0, 0.05) is 62.4 Å². The molecule has 4 aromatic heterocycles. The van der Waals surface area contributed by atoms with Gasteiger partial charge in [-0.15, -0.1) is 0 Å². The molecule has 1 aromatic carbocycles. The Hall–Kier alpha value is -3.92. The van der Waals surface area contributed by atoms with Crippen molar-refractivity contribution in [1.29, 1.82) is 0 Å². The van der Waals surface area contributed by atoms with Gasteiger partial charge in [0.25, 0.3) is 0 Å². The molecule has 1 saturated carbocycles. The molecule has 1 fully saturated rings. The third-order valence-corrected chi connectivity index (χ3v) is 7.36. The molecule has 0 radical (unpaired) electrons. The van der Waals surface area contributed by atoms with Gasteiger partial charge >= 0.3 is 0 Å². The number of rotatable bonds is 5. The fourth-order valence-electron chi connectivity index (χ4n) is 5.21. The van der Waals surface area contributed by atoms with Gasteiger partial charge < -0.3 is 10.2 Å². The van der Waals surface area contributed by atoms with E-state index >= 15 is 4.39 Å². The van der Waals surface area contributed by atoms with Gasteiger partial charge in [-0.1, -0.05) is 18.5 Å². The molecule has 0 spiro atoms. The van der Waals surface area contributed by atoms with Gasteiger partial charge in [0.2, 0.25) is 5.91 Å². The van der Waals surface area contributed by atoms with Gasteiger partial charge in [0.15, 0.2) is 11.6 Å². The molecule has 11 heteroatoms. The summed E-state index contributed by atoms with van der Waals surface area (Å²) >= 11 is 6.53. The fraction of sp³-hybridized carbons (Fsp3) is 0.280. The van der Waals surface area contributed by atoms with Crippen molar-refractivity contribution in [1.82, 2.24) is 29.6 Å². The molecule has 4 heterocycles. The highest BCUT2D eigenvalue weighted by Crippen LogP contribution is 2.54. The smallest absolute Gasteiger partial charge is 0.229 e. The average Bonchev–Trinajstić information content (AvgIpc) is 3.24.